The topological polar surface area (TPSA) is 44.1 Å². The zero-order valence-electron chi connectivity index (χ0n) is 8.82. The fraction of sp³-hybridized carbons (Fsp3) is 0.556. The van der Waals surface area contributed by atoms with Crippen LogP contribution in [0.1, 0.15) is 6.92 Å². The van der Waals surface area contributed by atoms with Crippen molar-refractivity contribution in [3.8, 4) is 0 Å². The molecule has 4 nitrogen and oxygen atoms in total. The minimum Gasteiger partial charge on any atom is -0.465 e. The molecule has 2 heterocycles. The summed E-state index contributed by atoms with van der Waals surface area (Å²) in [7, 11) is 0. The molecule has 0 saturated heterocycles. The summed E-state index contributed by atoms with van der Waals surface area (Å²) in [6.45, 7) is 0.898. The lowest BCUT2D eigenvalue weighted by molar-refractivity contribution is -0.188. The van der Waals surface area contributed by atoms with E-state index in [1.165, 1.54) is 23.9 Å². The van der Waals surface area contributed by atoms with Crippen LogP contribution in [0.15, 0.2) is 17.6 Å². The SMILES string of the molecule is CCOC(=O)C1(C(F)(F)F)Cn2ccnc2S1. The summed E-state index contributed by atoms with van der Waals surface area (Å²) < 4.78 is 42.5. The van der Waals surface area contributed by atoms with Gasteiger partial charge in [0.15, 0.2) is 5.16 Å². The number of hydrogen-bond acceptors (Lipinski definition) is 4. The van der Waals surface area contributed by atoms with Crippen molar-refractivity contribution in [2.45, 2.75) is 29.5 Å². The maximum atomic E-state index is 13.1. The third-order valence-corrected chi connectivity index (χ3v) is 3.80. The average Bonchev–Trinajstić information content (AvgIpc) is 2.73. The maximum Gasteiger partial charge on any atom is 0.416 e. The molecule has 0 amide bonds. The maximum absolute atomic E-state index is 13.1. The molecule has 0 saturated carbocycles. The van der Waals surface area contributed by atoms with Crippen molar-refractivity contribution >= 4 is 17.7 Å². The van der Waals surface area contributed by atoms with Crippen molar-refractivity contribution in [2.75, 3.05) is 6.61 Å². The molecule has 1 aliphatic heterocycles. The largest absolute Gasteiger partial charge is 0.465 e. The first kappa shape index (κ1) is 12.3. The summed E-state index contributed by atoms with van der Waals surface area (Å²) in [5, 5.41) is 0.176. The quantitative estimate of drug-likeness (QED) is 0.766. The number of carbonyl (C=O) groups excluding carboxylic acids is 1. The van der Waals surface area contributed by atoms with E-state index in [9.17, 15) is 18.0 Å². The van der Waals surface area contributed by atoms with Gasteiger partial charge in [0.1, 0.15) is 0 Å². The molecule has 1 aromatic heterocycles. The minimum absolute atomic E-state index is 0.0838. The van der Waals surface area contributed by atoms with Gasteiger partial charge in [-0.15, -0.1) is 0 Å². The molecule has 1 aliphatic rings. The molecule has 94 valence electrons. The number of halogens is 3. The molecule has 0 radical (unpaired) electrons. The van der Waals surface area contributed by atoms with Crippen LogP contribution in [-0.4, -0.2) is 33.1 Å². The Morgan fingerprint density at radius 3 is 2.94 bits per heavy atom. The molecule has 1 aromatic rings. The number of hydrogen-bond donors (Lipinski definition) is 0. The summed E-state index contributed by atoms with van der Waals surface area (Å²) in [4.78, 5) is 15.3. The van der Waals surface area contributed by atoms with Crippen molar-refractivity contribution in [3.05, 3.63) is 12.4 Å². The Balaban J connectivity index is 2.35. The fourth-order valence-electron chi connectivity index (χ4n) is 1.57. The van der Waals surface area contributed by atoms with Crippen molar-refractivity contribution < 1.29 is 22.7 Å². The average molecular weight is 266 g/mol. The first-order valence-corrected chi connectivity index (χ1v) is 5.66. The zero-order valence-corrected chi connectivity index (χ0v) is 9.64. The lowest BCUT2D eigenvalue weighted by atomic mass is 10.1. The number of nitrogens with zero attached hydrogens (tertiary/aromatic N) is 2. The second-order valence-corrected chi connectivity index (χ2v) is 4.75. The Kier molecular flexibility index (Phi) is 2.84. The standard InChI is InChI=1S/C9H9F3N2O2S/c1-2-16-6(15)8(9(10,11)12)5-14-4-3-13-7(14)17-8/h3-4H,2,5H2,1H3. The van der Waals surface area contributed by atoms with Gasteiger partial charge in [0.25, 0.3) is 0 Å². The van der Waals surface area contributed by atoms with Gasteiger partial charge in [-0.1, -0.05) is 11.8 Å². The molecule has 1 unspecified atom stereocenters. The van der Waals surface area contributed by atoms with Crippen molar-refractivity contribution in [3.63, 3.8) is 0 Å². The van der Waals surface area contributed by atoms with Crippen LogP contribution in [0.25, 0.3) is 0 Å². The first-order chi connectivity index (χ1) is 7.90. The van der Waals surface area contributed by atoms with Crippen molar-refractivity contribution in [1.82, 2.24) is 9.55 Å². The van der Waals surface area contributed by atoms with E-state index in [1.54, 1.807) is 0 Å². The van der Waals surface area contributed by atoms with Gasteiger partial charge in [-0.3, -0.25) is 4.79 Å². The van der Waals surface area contributed by atoms with Crippen LogP contribution in [0.4, 0.5) is 13.2 Å². The molecule has 0 N–H and O–H groups in total. The highest BCUT2D eigenvalue weighted by Crippen LogP contribution is 2.50. The number of esters is 1. The van der Waals surface area contributed by atoms with E-state index in [-0.39, 0.29) is 11.8 Å². The number of alkyl halides is 3. The third kappa shape index (κ3) is 1.80. The van der Waals surface area contributed by atoms with Crippen LogP contribution < -0.4 is 0 Å². The normalized spacial score (nSPS) is 23.5. The van der Waals surface area contributed by atoms with E-state index in [2.05, 4.69) is 9.72 Å². The van der Waals surface area contributed by atoms with Gasteiger partial charge in [0.05, 0.1) is 13.2 Å². The zero-order chi connectivity index (χ0) is 12.7. The number of aromatic nitrogens is 2. The Labute approximate surface area is 99.1 Å². The van der Waals surface area contributed by atoms with Gasteiger partial charge < -0.3 is 9.30 Å². The number of imidazole rings is 1. The Bertz CT molecular complexity index is 423. The molecule has 0 spiro atoms. The summed E-state index contributed by atoms with van der Waals surface area (Å²) in [5.41, 5.74) is 0. The summed E-state index contributed by atoms with van der Waals surface area (Å²) in [6.07, 6.45) is -1.87. The molecule has 17 heavy (non-hydrogen) atoms. The number of fused-ring (bicyclic) bond motifs is 1. The van der Waals surface area contributed by atoms with Crippen LogP contribution in [0, 0.1) is 0 Å². The van der Waals surface area contributed by atoms with E-state index in [1.807, 2.05) is 0 Å². The van der Waals surface area contributed by atoms with Crippen LogP contribution >= 0.6 is 11.8 Å². The highest BCUT2D eigenvalue weighted by Gasteiger charge is 2.65. The highest BCUT2D eigenvalue weighted by molar-refractivity contribution is 8.01. The van der Waals surface area contributed by atoms with Gasteiger partial charge in [-0.25, -0.2) is 4.98 Å². The van der Waals surface area contributed by atoms with E-state index in [0.29, 0.717) is 11.8 Å². The first-order valence-electron chi connectivity index (χ1n) is 4.85. The fourth-order valence-corrected chi connectivity index (χ4v) is 2.70. The Hall–Kier alpha value is -1.18. The van der Waals surface area contributed by atoms with E-state index in [0.717, 1.165) is 0 Å². The smallest absolute Gasteiger partial charge is 0.416 e. The number of carbonyl (C=O) groups is 1. The van der Waals surface area contributed by atoms with E-state index in [4.69, 9.17) is 0 Å². The van der Waals surface area contributed by atoms with Gasteiger partial charge in [0.2, 0.25) is 4.75 Å². The molecule has 0 aliphatic carbocycles. The molecular weight excluding hydrogens is 257 g/mol. The molecule has 0 fully saturated rings. The monoisotopic (exact) mass is 266 g/mol. The number of thioether (sulfide) groups is 1. The lowest BCUT2D eigenvalue weighted by Crippen LogP contribution is -2.50. The Morgan fingerprint density at radius 1 is 1.71 bits per heavy atom. The summed E-state index contributed by atoms with van der Waals surface area (Å²) in [5.74, 6) is -1.26. The van der Waals surface area contributed by atoms with Crippen molar-refractivity contribution in [1.29, 1.82) is 0 Å². The van der Waals surface area contributed by atoms with Gasteiger partial charge in [-0.05, 0) is 6.92 Å². The lowest BCUT2D eigenvalue weighted by Gasteiger charge is -2.27. The van der Waals surface area contributed by atoms with Crippen LogP contribution in [0.2, 0.25) is 0 Å². The molecule has 2 rings (SSSR count). The summed E-state index contributed by atoms with van der Waals surface area (Å²) in [6, 6.07) is 0. The van der Waals surface area contributed by atoms with E-state index >= 15 is 0 Å². The van der Waals surface area contributed by atoms with Gasteiger partial charge in [0, 0.05) is 12.4 Å². The number of ether oxygens (including phenoxy) is 1. The number of rotatable bonds is 2. The van der Waals surface area contributed by atoms with Crippen molar-refractivity contribution in [2.24, 2.45) is 0 Å². The molecule has 1 atom stereocenters. The van der Waals surface area contributed by atoms with E-state index < -0.39 is 23.4 Å². The molecule has 0 bridgehead atoms. The Morgan fingerprint density at radius 2 is 2.41 bits per heavy atom. The van der Waals surface area contributed by atoms with Crippen LogP contribution in [0.5, 0.6) is 0 Å². The molecular formula is C9H9F3N2O2S. The van der Waals surface area contributed by atoms with Crippen LogP contribution in [0.3, 0.4) is 0 Å². The second-order valence-electron chi connectivity index (χ2n) is 3.49. The van der Waals surface area contributed by atoms with Crippen LogP contribution in [-0.2, 0) is 16.1 Å². The van der Waals surface area contributed by atoms with Gasteiger partial charge in [-0.2, -0.15) is 13.2 Å². The minimum atomic E-state index is -4.68. The predicted octanol–water partition coefficient (Wildman–Crippen LogP) is 1.85. The highest BCUT2D eigenvalue weighted by atomic mass is 32.2. The molecule has 8 heteroatoms. The third-order valence-electron chi connectivity index (χ3n) is 2.40. The molecule has 0 aromatic carbocycles. The predicted molar refractivity (Wildman–Crippen MR) is 53.5 cm³/mol. The summed E-state index contributed by atoms with van der Waals surface area (Å²) >= 11 is 0.398. The van der Waals surface area contributed by atoms with Gasteiger partial charge >= 0.3 is 12.1 Å². The second kappa shape index (κ2) is 3.94.